The van der Waals surface area contributed by atoms with E-state index in [0.717, 1.165) is 50.2 Å². The molecule has 3 rings (SSSR count). The van der Waals surface area contributed by atoms with Crippen molar-refractivity contribution >= 4 is 5.78 Å². The van der Waals surface area contributed by atoms with Crippen LogP contribution in [0.2, 0.25) is 0 Å². The number of likely N-dealkylation sites (tertiary alicyclic amines) is 1. The van der Waals surface area contributed by atoms with Crippen molar-refractivity contribution in [1.82, 2.24) is 10.1 Å². The van der Waals surface area contributed by atoms with E-state index in [1.165, 1.54) is 6.42 Å². The van der Waals surface area contributed by atoms with Crippen molar-refractivity contribution in [2.24, 2.45) is 5.92 Å². The lowest BCUT2D eigenvalue weighted by atomic mass is 9.95. The maximum atomic E-state index is 12.0. The van der Waals surface area contributed by atoms with Crippen molar-refractivity contribution in [2.75, 3.05) is 13.7 Å². The second-order valence-electron chi connectivity index (χ2n) is 5.86. The number of methoxy groups -OCH3 is 1. The van der Waals surface area contributed by atoms with E-state index in [0.29, 0.717) is 18.4 Å². The first kappa shape index (κ1) is 13.8. The average molecular weight is 278 g/mol. The summed E-state index contributed by atoms with van der Waals surface area (Å²) in [5.41, 5.74) is 0.939. The second-order valence-corrected chi connectivity index (χ2v) is 5.86. The molecule has 2 heterocycles. The highest BCUT2D eigenvalue weighted by molar-refractivity contribution is 5.83. The Labute approximate surface area is 119 Å². The molecule has 0 spiro atoms. The lowest BCUT2D eigenvalue weighted by Gasteiger charge is -2.27. The summed E-state index contributed by atoms with van der Waals surface area (Å²) in [6.07, 6.45) is 5.22. The molecule has 110 valence electrons. The lowest BCUT2D eigenvalue weighted by Crippen LogP contribution is -2.37. The highest BCUT2D eigenvalue weighted by atomic mass is 16.5. The van der Waals surface area contributed by atoms with E-state index in [1.54, 1.807) is 7.11 Å². The van der Waals surface area contributed by atoms with Gasteiger partial charge in [0.05, 0.1) is 5.69 Å². The summed E-state index contributed by atoms with van der Waals surface area (Å²) in [6, 6.07) is 2.36. The minimum absolute atomic E-state index is 0.253. The number of ketones is 1. The SMILES string of the molecule is COCc1cc(CN2CCCC2C2CCCC2=O)no1. The van der Waals surface area contributed by atoms with Crippen molar-refractivity contribution in [3.8, 4) is 0 Å². The molecular weight excluding hydrogens is 256 g/mol. The quantitative estimate of drug-likeness (QED) is 0.826. The van der Waals surface area contributed by atoms with Gasteiger partial charge in [0.15, 0.2) is 5.76 Å². The molecule has 2 atom stereocenters. The highest BCUT2D eigenvalue weighted by Crippen LogP contribution is 2.33. The zero-order valence-electron chi connectivity index (χ0n) is 12.0. The summed E-state index contributed by atoms with van der Waals surface area (Å²) in [5, 5.41) is 4.10. The summed E-state index contributed by atoms with van der Waals surface area (Å²) in [4.78, 5) is 14.4. The molecule has 1 aliphatic carbocycles. The topological polar surface area (TPSA) is 55.6 Å². The number of carbonyl (C=O) groups is 1. The van der Waals surface area contributed by atoms with E-state index in [1.807, 2.05) is 6.07 Å². The molecule has 0 bridgehead atoms. The molecule has 0 N–H and O–H groups in total. The van der Waals surface area contributed by atoms with Gasteiger partial charge in [0.25, 0.3) is 0 Å². The van der Waals surface area contributed by atoms with E-state index in [-0.39, 0.29) is 5.92 Å². The summed E-state index contributed by atoms with van der Waals surface area (Å²) >= 11 is 0. The van der Waals surface area contributed by atoms with Gasteiger partial charge in [-0.05, 0) is 32.2 Å². The number of Topliss-reactive ketones (excluding diaryl/α,β-unsaturated/α-hetero) is 1. The van der Waals surface area contributed by atoms with Crippen LogP contribution in [0.25, 0.3) is 0 Å². The van der Waals surface area contributed by atoms with Crippen LogP contribution in [0.1, 0.15) is 43.6 Å². The fourth-order valence-electron chi connectivity index (χ4n) is 3.60. The summed E-state index contributed by atoms with van der Waals surface area (Å²) < 4.78 is 10.3. The minimum Gasteiger partial charge on any atom is -0.377 e. The molecule has 2 unspecified atom stereocenters. The summed E-state index contributed by atoms with van der Waals surface area (Å²) in [5.74, 6) is 1.47. The number of rotatable bonds is 5. The van der Waals surface area contributed by atoms with Crippen molar-refractivity contribution in [1.29, 1.82) is 0 Å². The number of hydrogen-bond donors (Lipinski definition) is 0. The van der Waals surface area contributed by atoms with Gasteiger partial charge in [0.2, 0.25) is 0 Å². The average Bonchev–Trinajstić information content (AvgIpc) is 3.13. The van der Waals surface area contributed by atoms with Gasteiger partial charge in [0, 0.05) is 38.1 Å². The molecule has 1 aromatic heterocycles. The third-order valence-corrected chi connectivity index (χ3v) is 4.49. The molecule has 5 heteroatoms. The molecule has 0 aromatic carbocycles. The number of carbonyl (C=O) groups excluding carboxylic acids is 1. The highest BCUT2D eigenvalue weighted by Gasteiger charge is 2.38. The number of hydrogen-bond acceptors (Lipinski definition) is 5. The van der Waals surface area contributed by atoms with E-state index in [4.69, 9.17) is 9.26 Å². The van der Waals surface area contributed by atoms with Gasteiger partial charge in [0.1, 0.15) is 12.4 Å². The summed E-state index contributed by atoms with van der Waals surface area (Å²) in [7, 11) is 1.64. The Morgan fingerprint density at radius 2 is 2.35 bits per heavy atom. The van der Waals surface area contributed by atoms with Crippen molar-refractivity contribution in [3.63, 3.8) is 0 Å². The fraction of sp³-hybridized carbons (Fsp3) is 0.733. The number of nitrogens with zero attached hydrogens (tertiary/aromatic N) is 2. The molecule has 1 aliphatic heterocycles. The maximum Gasteiger partial charge on any atom is 0.162 e. The molecule has 1 saturated carbocycles. The zero-order chi connectivity index (χ0) is 13.9. The molecule has 0 radical (unpaired) electrons. The first-order chi connectivity index (χ1) is 9.78. The van der Waals surface area contributed by atoms with E-state index in [9.17, 15) is 4.79 Å². The van der Waals surface area contributed by atoms with Crippen LogP contribution in [0.3, 0.4) is 0 Å². The standard InChI is InChI=1S/C15H22N2O3/c1-19-10-12-8-11(16-20-12)9-17-7-3-5-14(17)13-4-2-6-15(13)18/h8,13-14H,2-7,9-10H2,1H3. The summed E-state index contributed by atoms with van der Waals surface area (Å²) in [6.45, 7) is 2.29. The van der Waals surface area contributed by atoms with Gasteiger partial charge < -0.3 is 9.26 Å². The molecule has 2 fully saturated rings. The molecule has 5 nitrogen and oxygen atoms in total. The Kier molecular flexibility index (Phi) is 4.17. The molecule has 1 saturated heterocycles. The van der Waals surface area contributed by atoms with Crippen molar-refractivity contribution in [2.45, 2.75) is 51.3 Å². The van der Waals surface area contributed by atoms with Gasteiger partial charge in [-0.25, -0.2) is 0 Å². The van der Waals surface area contributed by atoms with Crippen LogP contribution in [0.4, 0.5) is 0 Å². The van der Waals surface area contributed by atoms with Crippen LogP contribution in [0.5, 0.6) is 0 Å². The third kappa shape index (κ3) is 2.79. The van der Waals surface area contributed by atoms with Crippen LogP contribution >= 0.6 is 0 Å². The Hall–Kier alpha value is -1.20. The molecule has 2 aliphatic rings. The minimum atomic E-state index is 0.253. The van der Waals surface area contributed by atoms with Crippen LogP contribution in [0, 0.1) is 5.92 Å². The maximum absolute atomic E-state index is 12.0. The Bertz CT molecular complexity index is 471. The lowest BCUT2D eigenvalue weighted by molar-refractivity contribution is -0.122. The molecular formula is C15H22N2O3. The Morgan fingerprint density at radius 3 is 3.10 bits per heavy atom. The van der Waals surface area contributed by atoms with Crippen LogP contribution < -0.4 is 0 Å². The van der Waals surface area contributed by atoms with Crippen molar-refractivity contribution in [3.05, 3.63) is 17.5 Å². The van der Waals surface area contributed by atoms with Crippen LogP contribution in [-0.4, -0.2) is 35.5 Å². The third-order valence-electron chi connectivity index (χ3n) is 4.49. The van der Waals surface area contributed by atoms with Gasteiger partial charge in [-0.2, -0.15) is 0 Å². The predicted octanol–water partition coefficient (Wildman–Crippen LogP) is 2.15. The molecule has 0 amide bonds. The van der Waals surface area contributed by atoms with E-state index in [2.05, 4.69) is 10.1 Å². The zero-order valence-corrected chi connectivity index (χ0v) is 12.0. The van der Waals surface area contributed by atoms with Crippen LogP contribution in [0.15, 0.2) is 10.6 Å². The van der Waals surface area contributed by atoms with Crippen molar-refractivity contribution < 1.29 is 14.1 Å². The number of aromatic nitrogens is 1. The smallest absolute Gasteiger partial charge is 0.162 e. The van der Waals surface area contributed by atoms with Gasteiger partial charge in [-0.1, -0.05) is 5.16 Å². The second kappa shape index (κ2) is 6.06. The van der Waals surface area contributed by atoms with Gasteiger partial charge in [-0.3, -0.25) is 9.69 Å². The van der Waals surface area contributed by atoms with Gasteiger partial charge in [-0.15, -0.1) is 0 Å². The number of ether oxygens (including phenoxy) is 1. The normalized spacial score (nSPS) is 27.6. The monoisotopic (exact) mass is 278 g/mol. The Morgan fingerprint density at radius 1 is 1.45 bits per heavy atom. The van der Waals surface area contributed by atoms with Crippen LogP contribution in [-0.2, 0) is 22.7 Å². The van der Waals surface area contributed by atoms with E-state index < -0.39 is 0 Å². The Balaban J connectivity index is 1.64. The first-order valence-electron chi connectivity index (χ1n) is 7.48. The first-order valence-corrected chi connectivity index (χ1v) is 7.48. The largest absolute Gasteiger partial charge is 0.377 e. The van der Waals surface area contributed by atoms with Gasteiger partial charge >= 0.3 is 0 Å². The fourth-order valence-corrected chi connectivity index (χ4v) is 3.60. The van der Waals surface area contributed by atoms with E-state index >= 15 is 0 Å². The predicted molar refractivity (Wildman–Crippen MR) is 73.0 cm³/mol. The molecule has 20 heavy (non-hydrogen) atoms. The molecule has 1 aromatic rings.